The predicted octanol–water partition coefficient (Wildman–Crippen LogP) is 4.96. The zero-order valence-electron chi connectivity index (χ0n) is 15.4. The number of aryl methyl sites for hydroxylation is 1. The number of para-hydroxylation sites is 2. The molecule has 0 unspecified atom stereocenters. The quantitative estimate of drug-likeness (QED) is 0.468. The van der Waals surface area contributed by atoms with Gasteiger partial charge in [0.1, 0.15) is 10.8 Å². The Hall–Kier alpha value is -2.54. The summed E-state index contributed by atoms with van der Waals surface area (Å²) in [4.78, 5) is 16.8. The first-order chi connectivity index (χ1) is 14.0. The number of rotatable bonds is 5. The molecule has 0 saturated heterocycles. The van der Waals surface area contributed by atoms with Gasteiger partial charge in [0.15, 0.2) is 0 Å². The molecule has 9 heteroatoms. The zero-order valence-corrected chi connectivity index (χ0v) is 17.6. The third kappa shape index (κ3) is 3.83. The van der Waals surface area contributed by atoms with Crippen molar-refractivity contribution in [1.82, 2.24) is 19.3 Å². The molecule has 4 aromatic rings. The minimum absolute atomic E-state index is 0.0806. The van der Waals surface area contributed by atoms with Crippen molar-refractivity contribution in [2.24, 2.45) is 0 Å². The number of fused-ring (bicyclic) bond motifs is 1. The summed E-state index contributed by atoms with van der Waals surface area (Å²) in [6, 6.07) is 13.2. The van der Waals surface area contributed by atoms with E-state index in [9.17, 15) is 4.79 Å². The number of hydrogen-bond acceptors (Lipinski definition) is 4. The Bertz CT molecular complexity index is 1260. The van der Waals surface area contributed by atoms with Gasteiger partial charge in [-0.3, -0.25) is 4.79 Å². The minimum atomic E-state index is -0.501. The molecule has 2 heterocycles. The van der Waals surface area contributed by atoms with Crippen molar-refractivity contribution < 1.29 is 0 Å². The largest absolute Gasteiger partial charge is 0.382 e. The second kappa shape index (κ2) is 8.06. The van der Waals surface area contributed by atoms with Crippen molar-refractivity contribution in [2.45, 2.75) is 13.5 Å². The number of nitrogens with zero attached hydrogens (tertiary/aromatic N) is 4. The molecule has 2 aromatic heterocycles. The number of anilines is 1. The molecular formula is C20H16Cl3N5O. The molecular weight excluding hydrogens is 433 g/mol. The van der Waals surface area contributed by atoms with Crippen LogP contribution in [-0.2, 0) is 6.54 Å². The number of hydrogen-bond donors (Lipinski definition) is 1. The van der Waals surface area contributed by atoms with Crippen molar-refractivity contribution in [3.8, 4) is 5.69 Å². The second-order valence-corrected chi connectivity index (χ2v) is 7.61. The first-order valence-electron chi connectivity index (χ1n) is 8.84. The highest BCUT2D eigenvalue weighted by Crippen LogP contribution is 2.25. The standard InChI is InChI=1S/C20H16Cl3N5O/c1-12-26-17-4-2-3-5-18(17)27(12)9-8-24-16-7-6-13(10-14(16)21)28-20(29)19(23)15(22)11-25-28/h2-7,10-11,24H,8-9H2,1H3. The Labute approximate surface area is 181 Å². The Morgan fingerprint density at radius 3 is 2.66 bits per heavy atom. The highest BCUT2D eigenvalue weighted by atomic mass is 35.5. The van der Waals surface area contributed by atoms with Gasteiger partial charge in [-0.25, -0.2) is 4.98 Å². The van der Waals surface area contributed by atoms with E-state index in [1.54, 1.807) is 18.2 Å². The monoisotopic (exact) mass is 447 g/mol. The van der Waals surface area contributed by atoms with Crippen molar-refractivity contribution in [1.29, 1.82) is 0 Å². The SMILES string of the molecule is Cc1nc2ccccc2n1CCNc1ccc(-n2ncc(Cl)c(Cl)c2=O)cc1Cl. The van der Waals surface area contributed by atoms with E-state index in [4.69, 9.17) is 34.8 Å². The molecule has 0 atom stereocenters. The van der Waals surface area contributed by atoms with Crippen molar-refractivity contribution in [3.63, 3.8) is 0 Å². The molecule has 0 fully saturated rings. The maximum Gasteiger partial charge on any atom is 0.291 e. The molecule has 0 radical (unpaired) electrons. The average molecular weight is 449 g/mol. The number of nitrogens with one attached hydrogen (secondary N) is 1. The lowest BCUT2D eigenvalue weighted by Gasteiger charge is -2.12. The van der Waals surface area contributed by atoms with Gasteiger partial charge in [-0.15, -0.1) is 0 Å². The minimum Gasteiger partial charge on any atom is -0.382 e. The van der Waals surface area contributed by atoms with Crippen LogP contribution < -0.4 is 10.9 Å². The van der Waals surface area contributed by atoms with Gasteiger partial charge in [0, 0.05) is 13.1 Å². The van der Waals surface area contributed by atoms with Gasteiger partial charge < -0.3 is 9.88 Å². The van der Waals surface area contributed by atoms with Gasteiger partial charge >= 0.3 is 0 Å². The first-order valence-corrected chi connectivity index (χ1v) is 9.98. The Morgan fingerprint density at radius 1 is 1.07 bits per heavy atom. The maximum absolute atomic E-state index is 12.2. The van der Waals surface area contributed by atoms with Crippen molar-refractivity contribution in [2.75, 3.05) is 11.9 Å². The van der Waals surface area contributed by atoms with E-state index in [0.29, 0.717) is 17.3 Å². The van der Waals surface area contributed by atoms with Crippen LogP contribution in [0.1, 0.15) is 5.82 Å². The normalized spacial score (nSPS) is 11.2. The summed E-state index contributed by atoms with van der Waals surface area (Å²) < 4.78 is 3.31. The van der Waals surface area contributed by atoms with Crippen molar-refractivity contribution in [3.05, 3.63) is 79.9 Å². The molecule has 0 spiro atoms. The van der Waals surface area contributed by atoms with Crippen molar-refractivity contribution >= 4 is 51.5 Å². The number of benzene rings is 2. The van der Waals surface area contributed by atoms with Crippen LogP contribution in [-0.4, -0.2) is 25.9 Å². The highest BCUT2D eigenvalue weighted by molar-refractivity contribution is 6.41. The lowest BCUT2D eigenvalue weighted by molar-refractivity contribution is 0.721. The molecule has 2 aromatic carbocycles. The van der Waals surface area contributed by atoms with E-state index < -0.39 is 5.56 Å². The van der Waals surface area contributed by atoms with E-state index in [-0.39, 0.29) is 10.0 Å². The van der Waals surface area contributed by atoms with Gasteiger partial charge in [-0.05, 0) is 37.3 Å². The van der Waals surface area contributed by atoms with Crippen LogP contribution in [0, 0.1) is 6.92 Å². The van der Waals surface area contributed by atoms with Crippen LogP contribution in [0.3, 0.4) is 0 Å². The topological polar surface area (TPSA) is 64.7 Å². The lowest BCUT2D eigenvalue weighted by atomic mass is 10.2. The molecule has 0 bridgehead atoms. The van der Waals surface area contributed by atoms with E-state index in [0.717, 1.165) is 33.8 Å². The van der Waals surface area contributed by atoms with Gasteiger partial charge in [0.2, 0.25) is 0 Å². The molecule has 0 aliphatic carbocycles. The maximum atomic E-state index is 12.2. The Balaban J connectivity index is 1.51. The summed E-state index contributed by atoms with van der Waals surface area (Å²) in [6.45, 7) is 3.38. The van der Waals surface area contributed by atoms with Crippen LogP contribution in [0.4, 0.5) is 5.69 Å². The van der Waals surface area contributed by atoms with Crippen LogP contribution in [0.25, 0.3) is 16.7 Å². The molecule has 0 saturated carbocycles. The fourth-order valence-corrected chi connectivity index (χ4v) is 3.65. The molecule has 0 aliphatic rings. The predicted molar refractivity (Wildman–Crippen MR) is 118 cm³/mol. The molecule has 0 amide bonds. The summed E-state index contributed by atoms with van der Waals surface area (Å²) >= 11 is 18.1. The Kier molecular flexibility index (Phi) is 5.50. The molecule has 1 N–H and O–H groups in total. The van der Waals surface area contributed by atoms with Crippen LogP contribution in [0.5, 0.6) is 0 Å². The fourth-order valence-electron chi connectivity index (χ4n) is 3.16. The first kappa shape index (κ1) is 19.8. The van der Waals surface area contributed by atoms with Crippen LogP contribution in [0.2, 0.25) is 15.1 Å². The summed E-state index contributed by atoms with van der Waals surface area (Å²) in [5.41, 5.74) is 2.83. The van der Waals surface area contributed by atoms with E-state index in [1.807, 2.05) is 25.1 Å². The third-order valence-electron chi connectivity index (χ3n) is 4.57. The zero-order chi connectivity index (χ0) is 20.5. The average Bonchev–Trinajstić information content (AvgIpc) is 3.03. The van der Waals surface area contributed by atoms with E-state index >= 15 is 0 Å². The third-order valence-corrected chi connectivity index (χ3v) is 5.63. The number of halogens is 3. The molecule has 148 valence electrons. The van der Waals surface area contributed by atoms with Crippen LogP contribution >= 0.6 is 34.8 Å². The molecule has 29 heavy (non-hydrogen) atoms. The molecule has 4 rings (SSSR count). The summed E-state index contributed by atoms with van der Waals surface area (Å²) in [6.07, 6.45) is 1.32. The molecule has 6 nitrogen and oxygen atoms in total. The summed E-state index contributed by atoms with van der Waals surface area (Å²) in [5.74, 6) is 0.958. The van der Waals surface area contributed by atoms with E-state index in [1.165, 1.54) is 6.20 Å². The van der Waals surface area contributed by atoms with Crippen LogP contribution in [0.15, 0.2) is 53.5 Å². The Morgan fingerprint density at radius 2 is 1.86 bits per heavy atom. The lowest BCUT2D eigenvalue weighted by Crippen LogP contribution is -2.21. The van der Waals surface area contributed by atoms with Gasteiger partial charge in [0.05, 0.1) is 38.7 Å². The van der Waals surface area contributed by atoms with Gasteiger partial charge in [0.25, 0.3) is 5.56 Å². The van der Waals surface area contributed by atoms with Gasteiger partial charge in [-0.2, -0.15) is 9.78 Å². The smallest absolute Gasteiger partial charge is 0.291 e. The molecule has 0 aliphatic heterocycles. The number of imidazole rings is 1. The van der Waals surface area contributed by atoms with E-state index in [2.05, 4.69) is 26.0 Å². The summed E-state index contributed by atoms with van der Waals surface area (Å²) in [5, 5.41) is 7.83. The highest BCUT2D eigenvalue weighted by Gasteiger charge is 2.11. The fraction of sp³-hybridized carbons (Fsp3) is 0.150. The number of aromatic nitrogens is 4. The summed E-state index contributed by atoms with van der Waals surface area (Å²) in [7, 11) is 0. The second-order valence-electron chi connectivity index (χ2n) is 6.41. The van der Waals surface area contributed by atoms with Gasteiger partial charge in [-0.1, -0.05) is 46.9 Å².